The van der Waals surface area contributed by atoms with E-state index in [4.69, 9.17) is 5.26 Å². The fourth-order valence-corrected chi connectivity index (χ4v) is 1.38. The molecule has 5 nitrogen and oxygen atoms in total. The van der Waals surface area contributed by atoms with E-state index in [0.29, 0.717) is 12.1 Å². The summed E-state index contributed by atoms with van der Waals surface area (Å²) in [5.74, 6) is -3.21. The van der Waals surface area contributed by atoms with Gasteiger partial charge in [-0.15, -0.1) is 13.2 Å². The summed E-state index contributed by atoms with van der Waals surface area (Å²) < 4.78 is 72.7. The average molecular weight is 311 g/mol. The van der Waals surface area contributed by atoms with Crippen molar-refractivity contribution in [3.05, 3.63) is 23.3 Å². The first-order valence-corrected chi connectivity index (χ1v) is 5.05. The third-order valence-electron chi connectivity index (χ3n) is 2.07. The molecule has 10 heteroatoms. The Balaban J connectivity index is 3.47. The summed E-state index contributed by atoms with van der Waals surface area (Å²) in [4.78, 5) is 11.5. The van der Waals surface area contributed by atoms with Crippen molar-refractivity contribution >= 4 is 5.97 Å². The van der Waals surface area contributed by atoms with Crippen LogP contribution < -0.4 is 9.47 Å². The van der Waals surface area contributed by atoms with E-state index < -0.39 is 41.6 Å². The molecule has 1 rings (SSSR count). The van der Waals surface area contributed by atoms with Crippen molar-refractivity contribution in [3.63, 3.8) is 0 Å². The van der Waals surface area contributed by atoms with Gasteiger partial charge in [0.15, 0.2) is 0 Å². The molecule has 0 aliphatic carbocycles. The Labute approximate surface area is 114 Å². The highest BCUT2D eigenvalue weighted by Crippen LogP contribution is 2.34. The van der Waals surface area contributed by atoms with Crippen LogP contribution in [0.15, 0.2) is 12.1 Å². The first-order chi connectivity index (χ1) is 9.69. The van der Waals surface area contributed by atoms with Crippen LogP contribution in [0, 0.1) is 11.3 Å². The maximum atomic E-state index is 12.2. The van der Waals surface area contributed by atoms with Gasteiger partial charge in [0.25, 0.3) is 0 Å². The maximum absolute atomic E-state index is 12.2. The Morgan fingerprint density at radius 1 is 1.29 bits per heavy atom. The predicted octanol–water partition coefficient (Wildman–Crippen LogP) is 2.84. The summed E-state index contributed by atoms with van der Waals surface area (Å²) in [5.41, 5.74) is -1.82. The zero-order valence-electron chi connectivity index (χ0n) is 10.2. The monoisotopic (exact) mass is 311 g/mol. The van der Waals surface area contributed by atoms with Crippen molar-refractivity contribution in [2.24, 2.45) is 0 Å². The molecule has 0 spiro atoms. The molecule has 0 saturated carbocycles. The van der Waals surface area contributed by atoms with E-state index in [-0.39, 0.29) is 0 Å². The smallest absolute Gasteiger partial charge is 0.465 e. The van der Waals surface area contributed by atoms with Crippen LogP contribution in [-0.4, -0.2) is 26.1 Å². The number of rotatable bonds is 4. The lowest BCUT2D eigenvalue weighted by molar-refractivity contribution is -0.274. The molecular formula is C11H6F5NO4. The molecule has 0 heterocycles. The van der Waals surface area contributed by atoms with E-state index in [1.807, 2.05) is 0 Å². The van der Waals surface area contributed by atoms with Crippen molar-refractivity contribution < 1.29 is 41.0 Å². The van der Waals surface area contributed by atoms with Gasteiger partial charge < -0.3 is 14.2 Å². The van der Waals surface area contributed by atoms with Gasteiger partial charge in [0.2, 0.25) is 0 Å². The number of alkyl halides is 5. The van der Waals surface area contributed by atoms with Gasteiger partial charge in [-0.2, -0.15) is 14.0 Å². The van der Waals surface area contributed by atoms with E-state index in [1.54, 1.807) is 0 Å². The SMILES string of the molecule is COC(=O)c1c(OC(F)(F)F)ccc(OC(F)F)c1C#N. The first-order valence-electron chi connectivity index (χ1n) is 5.05. The van der Waals surface area contributed by atoms with Crippen molar-refractivity contribution in [1.82, 2.24) is 0 Å². The topological polar surface area (TPSA) is 68.6 Å². The van der Waals surface area contributed by atoms with E-state index in [0.717, 1.165) is 7.11 Å². The molecule has 0 aliphatic rings. The average Bonchev–Trinajstić information content (AvgIpc) is 2.36. The number of hydrogen-bond donors (Lipinski definition) is 0. The zero-order valence-corrected chi connectivity index (χ0v) is 10.2. The summed E-state index contributed by atoms with van der Waals surface area (Å²) in [6.45, 7) is -3.34. The summed E-state index contributed by atoms with van der Waals surface area (Å²) in [5, 5.41) is 8.86. The minimum absolute atomic E-state index is 0.568. The molecule has 0 saturated heterocycles. The Bertz CT molecular complexity index is 579. The highest BCUT2D eigenvalue weighted by atomic mass is 19.4. The van der Waals surface area contributed by atoms with Crippen molar-refractivity contribution in [3.8, 4) is 17.6 Å². The molecule has 114 valence electrons. The molecule has 0 fully saturated rings. The third kappa shape index (κ3) is 4.20. The number of carbonyl (C=O) groups excluding carboxylic acids is 1. The van der Waals surface area contributed by atoms with Crippen molar-refractivity contribution in [1.29, 1.82) is 5.26 Å². The van der Waals surface area contributed by atoms with Crippen LogP contribution in [0.25, 0.3) is 0 Å². The van der Waals surface area contributed by atoms with Crippen LogP contribution in [-0.2, 0) is 4.74 Å². The van der Waals surface area contributed by atoms with Gasteiger partial charge in [0.1, 0.15) is 28.7 Å². The quantitative estimate of drug-likeness (QED) is 0.632. The molecule has 0 atom stereocenters. The molecule has 0 amide bonds. The van der Waals surface area contributed by atoms with Crippen molar-refractivity contribution in [2.75, 3.05) is 7.11 Å². The predicted molar refractivity (Wildman–Crippen MR) is 55.8 cm³/mol. The molecule has 0 aromatic heterocycles. The summed E-state index contributed by atoms with van der Waals surface area (Å²) >= 11 is 0. The Hall–Kier alpha value is -2.57. The van der Waals surface area contributed by atoms with Crippen LogP contribution in [0.1, 0.15) is 15.9 Å². The number of ether oxygens (including phenoxy) is 3. The van der Waals surface area contributed by atoms with Gasteiger partial charge in [0, 0.05) is 0 Å². The summed E-state index contributed by atoms with van der Waals surface area (Å²) in [6.07, 6.45) is -5.15. The highest BCUT2D eigenvalue weighted by molar-refractivity contribution is 5.96. The molecule has 0 N–H and O–H groups in total. The van der Waals surface area contributed by atoms with Gasteiger partial charge >= 0.3 is 18.9 Å². The largest absolute Gasteiger partial charge is 0.573 e. The minimum Gasteiger partial charge on any atom is -0.465 e. The number of halogens is 5. The zero-order chi connectivity index (χ0) is 16.2. The fourth-order valence-electron chi connectivity index (χ4n) is 1.38. The molecule has 0 bridgehead atoms. The summed E-state index contributed by atoms with van der Waals surface area (Å²) in [7, 11) is 0.835. The Morgan fingerprint density at radius 3 is 2.29 bits per heavy atom. The van der Waals surface area contributed by atoms with E-state index in [9.17, 15) is 26.7 Å². The molecule has 1 aromatic carbocycles. The van der Waals surface area contributed by atoms with E-state index in [2.05, 4.69) is 14.2 Å². The van der Waals surface area contributed by atoms with Gasteiger partial charge in [-0.25, -0.2) is 4.79 Å². The van der Waals surface area contributed by atoms with Crippen LogP contribution >= 0.6 is 0 Å². The lowest BCUT2D eigenvalue weighted by Crippen LogP contribution is -2.20. The number of methoxy groups -OCH3 is 1. The van der Waals surface area contributed by atoms with Crippen molar-refractivity contribution in [2.45, 2.75) is 13.0 Å². The first kappa shape index (κ1) is 16.5. The molecule has 0 aliphatic heterocycles. The highest BCUT2D eigenvalue weighted by Gasteiger charge is 2.35. The molecular weight excluding hydrogens is 305 g/mol. The molecule has 0 unspecified atom stereocenters. The van der Waals surface area contributed by atoms with Gasteiger partial charge in [0.05, 0.1) is 7.11 Å². The minimum atomic E-state index is -5.15. The number of carbonyl (C=O) groups is 1. The maximum Gasteiger partial charge on any atom is 0.573 e. The number of benzene rings is 1. The Morgan fingerprint density at radius 2 is 1.86 bits per heavy atom. The van der Waals surface area contributed by atoms with E-state index >= 15 is 0 Å². The lowest BCUT2D eigenvalue weighted by Gasteiger charge is -2.15. The van der Waals surface area contributed by atoms with Crippen LogP contribution in [0.4, 0.5) is 22.0 Å². The van der Waals surface area contributed by atoms with Crippen LogP contribution in [0.3, 0.4) is 0 Å². The number of esters is 1. The van der Waals surface area contributed by atoms with E-state index in [1.165, 1.54) is 6.07 Å². The van der Waals surface area contributed by atoms with Crippen LogP contribution in [0.2, 0.25) is 0 Å². The normalized spacial score (nSPS) is 11.0. The molecule has 0 radical (unpaired) electrons. The molecule has 1 aromatic rings. The second-order valence-corrected chi connectivity index (χ2v) is 3.34. The number of nitriles is 1. The summed E-state index contributed by atoms with van der Waals surface area (Å²) in [6, 6.07) is 2.52. The fraction of sp³-hybridized carbons (Fsp3) is 0.273. The Kier molecular flexibility index (Phi) is 4.91. The number of hydrogen-bond acceptors (Lipinski definition) is 5. The lowest BCUT2D eigenvalue weighted by atomic mass is 10.1. The standard InChI is InChI=1S/C11H6F5NO4/c1-19-9(18)8-5(4-17)6(20-10(12)13)2-3-7(8)21-11(14,15)16/h2-3,10H,1H3. The molecule has 21 heavy (non-hydrogen) atoms. The third-order valence-corrected chi connectivity index (χ3v) is 2.07. The second kappa shape index (κ2) is 6.25. The second-order valence-electron chi connectivity index (χ2n) is 3.34. The van der Waals surface area contributed by atoms with Gasteiger partial charge in [-0.3, -0.25) is 0 Å². The van der Waals surface area contributed by atoms with Gasteiger partial charge in [-0.05, 0) is 12.1 Å². The van der Waals surface area contributed by atoms with Gasteiger partial charge in [-0.1, -0.05) is 0 Å². The van der Waals surface area contributed by atoms with Crippen LogP contribution in [0.5, 0.6) is 11.5 Å². The number of nitrogens with zero attached hydrogens (tertiary/aromatic N) is 1.